The van der Waals surface area contributed by atoms with Crippen LogP contribution in [0, 0.1) is 0 Å². The molecule has 4 nitrogen and oxygen atoms in total. The minimum absolute atomic E-state index is 0.246. The number of carbonyl (C=O) groups excluding carboxylic acids is 1. The van der Waals surface area contributed by atoms with Gasteiger partial charge in [0.15, 0.2) is 0 Å². The highest BCUT2D eigenvalue weighted by Gasteiger charge is 2.26. The SMILES string of the molecule is C=CCN(CC=C)[C@H](Cc1ccccc1)C(=O)OCCOC. The fraction of sp³-hybridized carbons (Fsp3) is 0.389. The maximum atomic E-state index is 12.4. The molecule has 0 amide bonds. The summed E-state index contributed by atoms with van der Waals surface area (Å²) in [5.74, 6) is -0.246. The van der Waals surface area contributed by atoms with Gasteiger partial charge in [-0.25, -0.2) is 0 Å². The van der Waals surface area contributed by atoms with Gasteiger partial charge in [0.25, 0.3) is 0 Å². The summed E-state index contributed by atoms with van der Waals surface area (Å²) in [5, 5.41) is 0. The number of nitrogens with zero attached hydrogens (tertiary/aromatic N) is 1. The standard InChI is InChI=1S/C18H25NO3/c1-4-11-19(12-5-2)17(18(20)22-14-13-21-3)15-16-9-7-6-8-10-16/h4-10,17H,1-2,11-15H2,3H3/t17-/m1/s1. The highest BCUT2D eigenvalue weighted by Crippen LogP contribution is 2.11. The number of rotatable bonds is 11. The summed E-state index contributed by atoms with van der Waals surface area (Å²) in [6, 6.07) is 9.54. The Hall–Kier alpha value is -1.91. The number of esters is 1. The number of benzene rings is 1. The first-order chi connectivity index (χ1) is 10.7. The quantitative estimate of drug-likeness (QED) is 0.358. The Labute approximate surface area is 133 Å². The van der Waals surface area contributed by atoms with E-state index in [2.05, 4.69) is 13.2 Å². The minimum atomic E-state index is -0.366. The Morgan fingerprint density at radius 2 is 1.82 bits per heavy atom. The van der Waals surface area contributed by atoms with Crippen LogP contribution in [-0.2, 0) is 20.7 Å². The van der Waals surface area contributed by atoms with E-state index in [4.69, 9.17) is 9.47 Å². The van der Waals surface area contributed by atoms with E-state index < -0.39 is 0 Å². The molecule has 0 aromatic heterocycles. The van der Waals surface area contributed by atoms with Gasteiger partial charge < -0.3 is 9.47 Å². The van der Waals surface area contributed by atoms with E-state index in [1.165, 1.54) is 0 Å². The number of hydrogen-bond acceptors (Lipinski definition) is 4. The topological polar surface area (TPSA) is 38.8 Å². The maximum absolute atomic E-state index is 12.4. The Balaban J connectivity index is 2.84. The highest BCUT2D eigenvalue weighted by molar-refractivity contribution is 5.76. The zero-order valence-electron chi connectivity index (χ0n) is 13.2. The van der Waals surface area contributed by atoms with E-state index in [9.17, 15) is 4.79 Å². The van der Waals surface area contributed by atoms with Crippen LogP contribution < -0.4 is 0 Å². The Bertz CT molecular complexity index is 449. The molecule has 1 aromatic carbocycles. The van der Waals surface area contributed by atoms with Gasteiger partial charge in [0.05, 0.1) is 6.61 Å². The summed E-state index contributed by atoms with van der Waals surface area (Å²) in [6.07, 6.45) is 4.15. The fourth-order valence-corrected chi connectivity index (χ4v) is 2.18. The second kappa shape index (κ2) is 10.8. The molecule has 0 saturated heterocycles. The molecule has 0 spiro atoms. The van der Waals surface area contributed by atoms with Gasteiger partial charge in [-0.05, 0) is 12.0 Å². The molecule has 0 N–H and O–H groups in total. The molecule has 4 heteroatoms. The van der Waals surface area contributed by atoms with Crippen LogP contribution in [0.25, 0.3) is 0 Å². The first-order valence-electron chi connectivity index (χ1n) is 7.38. The average molecular weight is 303 g/mol. The van der Waals surface area contributed by atoms with Crippen LogP contribution in [0.15, 0.2) is 55.6 Å². The zero-order valence-corrected chi connectivity index (χ0v) is 13.2. The molecule has 0 aliphatic carbocycles. The summed E-state index contributed by atoms with van der Waals surface area (Å²) in [7, 11) is 1.58. The molecular weight excluding hydrogens is 278 g/mol. The van der Waals surface area contributed by atoms with Crippen LogP contribution in [0.4, 0.5) is 0 Å². The fourth-order valence-electron chi connectivity index (χ4n) is 2.18. The van der Waals surface area contributed by atoms with Crippen LogP contribution in [0.2, 0.25) is 0 Å². The molecule has 0 unspecified atom stereocenters. The van der Waals surface area contributed by atoms with Crippen molar-refractivity contribution in [2.75, 3.05) is 33.4 Å². The van der Waals surface area contributed by atoms with Gasteiger partial charge in [-0.1, -0.05) is 42.5 Å². The molecule has 0 saturated carbocycles. The molecule has 120 valence electrons. The molecule has 0 radical (unpaired) electrons. The minimum Gasteiger partial charge on any atom is -0.462 e. The predicted octanol–water partition coefficient (Wildman–Crippen LogP) is 2.46. The van der Waals surface area contributed by atoms with Crippen LogP contribution in [0.3, 0.4) is 0 Å². The summed E-state index contributed by atoms with van der Waals surface area (Å²) in [6.45, 7) is 9.37. The second-order valence-electron chi connectivity index (χ2n) is 4.90. The Morgan fingerprint density at radius 1 is 1.18 bits per heavy atom. The number of ether oxygens (including phenoxy) is 2. The van der Waals surface area contributed by atoms with Crippen LogP contribution in [0.1, 0.15) is 5.56 Å². The first kappa shape index (κ1) is 18.1. The van der Waals surface area contributed by atoms with Gasteiger partial charge >= 0.3 is 5.97 Å². The monoisotopic (exact) mass is 303 g/mol. The van der Waals surface area contributed by atoms with Crippen molar-refractivity contribution >= 4 is 5.97 Å². The third-order valence-corrected chi connectivity index (χ3v) is 3.24. The normalized spacial score (nSPS) is 11.9. The second-order valence-corrected chi connectivity index (χ2v) is 4.90. The van der Waals surface area contributed by atoms with Crippen molar-refractivity contribution in [3.05, 3.63) is 61.2 Å². The van der Waals surface area contributed by atoms with Crippen LogP contribution >= 0.6 is 0 Å². The van der Waals surface area contributed by atoms with Crippen molar-refractivity contribution in [3.63, 3.8) is 0 Å². The van der Waals surface area contributed by atoms with Crippen molar-refractivity contribution in [3.8, 4) is 0 Å². The largest absolute Gasteiger partial charge is 0.462 e. The average Bonchev–Trinajstić information content (AvgIpc) is 2.53. The van der Waals surface area contributed by atoms with Gasteiger partial charge in [0.1, 0.15) is 12.6 Å². The lowest BCUT2D eigenvalue weighted by Gasteiger charge is -2.28. The van der Waals surface area contributed by atoms with E-state index in [1.54, 1.807) is 19.3 Å². The molecule has 0 aliphatic heterocycles. The van der Waals surface area contributed by atoms with Crippen molar-refractivity contribution in [1.29, 1.82) is 0 Å². The van der Waals surface area contributed by atoms with E-state index in [1.807, 2.05) is 35.2 Å². The summed E-state index contributed by atoms with van der Waals surface area (Å²) >= 11 is 0. The van der Waals surface area contributed by atoms with Crippen molar-refractivity contribution in [1.82, 2.24) is 4.90 Å². The summed E-state index contributed by atoms with van der Waals surface area (Å²) < 4.78 is 10.2. The smallest absolute Gasteiger partial charge is 0.323 e. The zero-order chi connectivity index (χ0) is 16.2. The van der Waals surface area contributed by atoms with Crippen molar-refractivity contribution in [2.45, 2.75) is 12.5 Å². The van der Waals surface area contributed by atoms with Crippen LogP contribution in [0.5, 0.6) is 0 Å². The van der Waals surface area contributed by atoms with E-state index in [0.717, 1.165) is 5.56 Å². The van der Waals surface area contributed by atoms with Gasteiger partial charge in [0.2, 0.25) is 0 Å². The van der Waals surface area contributed by atoms with Gasteiger partial charge in [0, 0.05) is 20.2 Å². The van der Waals surface area contributed by atoms with Crippen molar-refractivity contribution in [2.24, 2.45) is 0 Å². The molecular formula is C18H25NO3. The van der Waals surface area contributed by atoms with Gasteiger partial charge in [-0.3, -0.25) is 9.69 Å². The third-order valence-electron chi connectivity index (χ3n) is 3.24. The Kier molecular flexibility index (Phi) is 8.88. The maximum Gasteiger partial charge on any atom is 0.323 e. The van der Waals surface area contributed by atoms with Crippen molar-refractivity contribution < 1.29 is 14.3 Å². The molecule has 0 bridgehead atoms. The molecule has 0 heterocycles. The highest BCUT2D eigenvalue weighted by atomic mass is 16.6. The first-order valence-corrected chi connectivity index (χ1v) is 7.38. The lowest BCUT2D eigenvalue weighted by Crippen LogP contribution is -2.44. The lowest BCUT2D eigenvalue weighted by atomic mass is 10.0. The molecule has 1 atom stereocenters. The summed E-state index contributed by atoms with van der Waals surface area (Å²) in [4.78, 5) is 14.4. The van der Waals surface area contributed by atoms with Gasteiger partial charge in [-0.2, -0.15) is 0 Å². The summed E-state index contributed by atoms with van der Waals surface area (Å²) in [5.41, 5.74) is 1.09. The third kappa shape index (κ3) is 6.24. The van der Waals surface area contributed by atoms with E-state index in [0.29, 0.717) is 26.1 Å². The van der Waals surface area contributed by atoms with Crippen LogP contribution in [-0.4, -0.2) is 50.3 Å². The lowest BCUT2D eigenvalue weighted by molar-refractivity contribution is -0.151. The molecule has 1 aromatic rings. The Morgan fingerprint density at radius 3 is 2.36 bits per heavy atom. The van der Waals surface area contributed by atoms with E-state index >= 15 is 0 Å². The number of carbonyl (C=O) groups is 1. The molecule has 1 rings (SSSR count). The molecule has 22 heavy (non-hydrogen) atoms. The van der Waals surface area contributed by atoms with Gasteiger partial charge in [-0.15, -0.1) is 13.2 Å². The molecule has 0 aliphatic rings. The number of hydrogen-bond donors (Lipinski definition) is 0. The molecule has 0 fully saturated rings. The van der Waals surface area contributed by atoms with E-state index in [-0.39, 0.29) is 18.6 Å². The predicted molar refractivity (Wildman–Crippen MR) is 88.7 cm³/mol. The number of methoxy groups -OCH3 is 1.